The number of amides is 4. The molecule has 9 nitrogen and oxygen atoms in total. The van der Waals surface area contributed by atoms with Crippen LogP contribution in [0.3, 0.4) is 0 Å². The van der Waals surface area contributed by atoms with E-state index in [4.69, 9.17) is 10.00 Å². The van der Waals surface area contributed by atoms with Gasteiger partial charge in [0.1, 0.15) is 0 Å². The zero-order valence-corrected chi connectivity index (χ0v) is 24.1. The van der Waals surface area contributed by atoms with Crippen LogP contribution in [0.2, 0.25) is 0 Å². The third kappa shape index (κ3) is 8.73. The number of unbranched alkanes of at least 4 members (excludes halogenated alkanes) is 2. The van der Waals surface area contributed by atoms with Gasteiger partial charge < -0.3 is 30.5 Å². The molecule has 2 heterocycles. The van der Waals surface area contributed by atoms with E-state index in [1.165, 1.54) is 5.56 Å². The van der Waals surface area contributed by atoms with E-state index in [2.05, 4.69) is 51.7 Å². The minimum absolute atomic E-state index is 0.0290. The Bertz CT molecular complexity index is 1220. The Labute approximate surface area is 243 Å². The van der Waals surface area contributed by atoms with Gasteiger partial charge in [0, 0.05) is 50.7 Å². The molecule has 4 rings (SSSR count). The topological polar surface area (TPSA) is 110 Å². The fraction of sp³-hybridized carbons (Fsp3) is 0.469. The highest BCUT2D eigenvalue weighted by Gasteiger charge is 2.22. The first-order chi connectivity index (χ1) is 19.9. The number of benzene rings is 2. The number of piperidine rings is 1. The van der Waals surface area contributed by atoms with Gasteiger partial charge in [0.05, 0.1) is 24.8 Å². The Morgan fingerprint density at radius 1 is 0.951 bits per heavy atom. The summed E-state index contributed by atoms with van der Waals surface area (Å²) in [6.45, 7) is 11.9. The number of morpholine rings is 1. The lowest BCUT2D eigenvalue weighted by Gasteiger charge is -2.35. The van der Waals surface area contributed by atoms with Gasteiger partial charge in [-0.1, -0.05) is 30.8 Å². The van der Waals surface area contributed by atoms with E-state index in [1.54, 1.807) is 4.90 Å². The normalized spacial score (nSPS) is 15.6. The summed E-state index contributed by atoms with van der Waals surface area (Å²) in [6.07, 6.45) is 4.69. The van der Waals surface area contributed by atoms with Gasteiger partial charge in [-0.15, -0.1) is 0 Å². The Morgan fingerprint density at radius 2 is 1.63 bits per heavy atom. The van der Waals surface area contributed by atoms with Crippen LogP contribution >= 0.6 is 0 Å². The number of hydrogen-bond acceptors (Lipinski definition) is 5. The summed E-state index contributed by atoms with van der Waals surface area (Å²) in [5.74, 6) is 0.486. The summed E-state index contributed by atoms with van der Waals surface area (Å²) in [4.78, 5) is 28.8. The van der Waals surface area contributed by atoms with E-state index >= 15 is 0 Å². The van der Waals surface area contributed by atoms with Crippen LogP contribution in [0.1, 0.15) is 60.3 Å². The number of nitriles is 1. The Kier molecular flexibility index (Phi) is 11.0. The van der Waals surface area contributed by atoms with E-state index in [-0.39, 0.29) is 12.1 Å². The monoisotopic (exact) mass is 558 g/mol. The molecule has 0 bridgehead atoms. The van der Waals surface area contributed by atoms with E-state index in [9.17, 15) is 9.59 Å². The zero-order chi connectivity index (χ0) is 29.0. The number of nitrogens with one attached hydrogen (secondary N) is 3. The van der Waals surface area contributed by atoms with E-state index < -0.39 is 0 Å². The Morgan fingerprint density at radius 3 is 2.32 bits per heavy atom. The van der Waals surface area contributed by atoms with Gasteiger partial charge in [-0.2, -0.15) is 5.26 Å². The van der Waals surface area contributed by atoms with Crippen molar-refractivity contribution >= 4 is 23.4 Å². The molecule has 0 radical (unpaired) electrons. The number of ether oxygens (including phenoxy) is 1. The molecule has 2 saturated heterocycles. The van der Waals surface area contributed by atoms with Gasteiger partial charge in [-0.3, -0.25) is 0 Å². The van der Waals surface area contributed by atoms with Crippen LogP contribution in [0.25, 0.3) is 5.70 Å². The molecule has 2 aromatic rings. The highest BCUT2D eigenvalue weighted by molar-refractivity contribution is 5.90. The van der Waals surface area contributed by atoms with Crippen molar-refractivity contribution in [3.8, 4) is 6.07 Å². The second-order valence-corrected chi connectivity index (χ2v) is 10.7. The van der Waals surface area contributed by atoms with Crippen LogP contribution in [0, 0.1) is 18.3 Å². The number of hydrogen-bond donors (Lipinski definition) is 3. The van der Waals surface area contributed by atoms with Crippen molar-refractivity contribution in [1.82, 2.24) is 20.4 Å². The molecule has 0 spiro atoms. The fourth-order valence-corrected chi connectivity index (χ4v) is 5.30. The van der Waals surface area contributed by atoms with Gasteiger partial charge in [-0.05, 0) is 79.8 Å². The molecule has 2 aliphatic rings. The average Bonchev–Trinajstić information content (AvgIpc) is 3.01. The molecule has 0 atom stereocenters. The largest absolute Gasteiger partial charge is 0.378 e. The summed E-state index contributed by atoms with van der Waals surface area (Å²) in [6, 6.07) is 16.0. The molecule has 41 heavy (non-hydrogen) atoms. The lowest BCUT2D eigenvalue weighted by molar-refractivity contribution is 0.0532. The smallest absolute Gasteiger partial charge is 0.319 e. The molecule has 0 unspecified atom stereocenters. The van der Waals surface area contributed by atoms with Gasteiger partial charge >= 0.3 is 12.1 Å². The number of likely N-dealkylation sites (tertiary alicyclic amines) is 1. The van der Waals surface area contributed by atoms with Crippen molar-refractivity contribution in [2.75, 3.05) is 57.8 Å². The van der Waals surface area contributed by atoms with Crippen LogP contribution < -0.4 is 16.0 Å². The Balaban J connectivity index is 1.16. The first-order valence-electron chi connectivity index (χ1n) is 14.6. The predicted octanol–water partition coefficient (Wildman–Crippen LogP) is 5.05. The highest BCUT2D eigenvalue weighted by Crippen LogP contribution is 2.32. The Hall–Kier alpha value is -4.03. The van der Waals surface area contributed by atoms with Gasteiger partial charge in [-0.25, -0.2) is 9.59 Å². The van der Waals surface area contributed by atoms with Gasteiger partial charge in [0.2, 0.25) is 0 Å². The molecule has 0 aliphatic carbocycles. The second kappa shape index (κ2) is 15.1. The minimum Gasteiger partial charge on any atom is -0.378 e. The maximum absolute atomic E-state index is 12.6. The predicted molar refractivity (Wildman–Crippen MR) is 162 cm³/mol. The second-order valence-electron chi connectivity index (χ2n) is 10.7. The van der Waals surface area contributed by atoms with Crippen molar-refractivity contribution in [1.29, 1.82) is 5.26 Å². The number of aryl methyl sites for hydroxylation is 1. The van der Waals surface area contributed by atoms with Crippen LogP contribution in [-0.2, 0) is 4.74 Å². The summed E-state index contributed by atoms with van der Waals surface area (Å²) < 4.78 is 5.27. The molecule has 0 aromatic heterocycles. The lowest BCUT2D eigenvalue weighted by Crippen LogP contribution is -2.46. The van der Waals surface area contributed by atoms with Crippen molar-refractivity contribution in [2.24, 2.45) is 0 Å². The number of urea groups is 2. The van der Waals surface area contributed by atoms with E-state index in [0.29, 0.717) is 50.9 Å². The number of anilines is 1. The summed E-state index contributed by atoms with van der Waals surface area (Å²) in [5, 5.41) is 17.9. The van der Waals surface area contributed by atoms with Crippen molar-refractivity contribution in [3.05, 3.63) is 71.3 Å². The maximum atomic E-state index is 12.6. The van der Waals surface area contributed by atoms with Crippen LogP contribution in [-0.4, -0.2) is 74.3 Å². The minimum atomic E-state index is -0.222. The third-order valence-corrected chi connectivity index (χ3v) is 7.92. The molecule has 3 N–H and O–H groups in total. The molecule has 0 saturated carbocycles. The number of rotatable bonds is 10. The van der Waals surface area contributed by atoms with Crippen molar-refractivity contribution in [2.45, 2.75) is 44.9 Å². The van der Waals surface area contributed by atoms with Gasteiger partial charge in [0.25, 0.3) is 0 Å². The molecule has 2 aliphatic heterocycles. The van der Waals surface area contributed by atoms with Crippen LogP contribution in [0.15, 0.2) is 49.0 Å². The van der Waals surface area contributed by atoms with E-state index in [1.807, 2.05) is 31.2 Å². The van der Waals surface area contributed by atoms with Gasteiger partial charge in [0.15, 0.2) is 0 Å². The molecule has 2 aromatic carbocycles. The molecular formula is C32H42N6O3. The molecule has 9 heteroatoms. The number of nitrogens with zero attached hydrogens (tertiary/aromatic N) is 3. The summed E-state index contributed by atoms with van der Waals surface area (Å²) in [7, 11) is 0. The molecule has 218 valence electrons. The maximum Gasteiger partial charge on any atom is 0.319 e. The molecule has 4 amide bonds. The quantitative estimate of drug-likeness (QED) is 0.354. The third-order valence-electron chi connectivity index (χ3n) is 7.92. The van der Waals surface area contributed by atoms with E-state index in [0.717, 1.165) is 67.7 Å². The summed E-state index contributed by atoms with van der Waals surface area (Å²) in [5.41, 5.74) is 5.72. The average molecular weight is 559 g/mol. The SMILES string of the molecule is C=C(c1ccc(C)c(NC(=O)NCCCCCNC(=O)N2CCOCC2)c1)N1CCC(c2ccc(C#N)cc2)CC1. The standard InChI is InChI=1S/C32H42N6O3/c1-24-6-9-29(25(2)37-16-12-28(13-17-37)27-10-7-26(23-33)8-11-27)22-30(24)36-31(39)34-14-4-3-5-15-35-32(40)38-18-20-41-21-19-38/h6-11,22,28H,2-5,12-21H2,1H3,(H,35,40)(H2,34,36,39). The van der Waals surface area contributed by atoms with Crippen molar-refractivity contribution < 1.29 is 14.3 Å². The first kappa shape index (κ1) is 29.9. The number of carbonyl (C=O) groups excluding carboxylic acids is 2. The molecule has 2 fully saturated rings. The highest BCUT2D eigenvalue weighted by atomic mass is 16.5. The van der Waals surface area contributed by atoms with Crippen LogP contribution in [0.4, 0.5) is 15.3 Å². The lowest BCUT2D eigenvalue weighted by atomic mass is 9.88. The summed E-state index contributed by atoms with van der Waals surface area (Å²) >= 11 is 0. The van der Waals surface area contributed by atoms with Crippen molar-refractivity contribution in [3.63, 3.8) is 0 Å². The first-order valence-corrected chi connectivity index (χ1v) is 14.6. The van der Waals surface area contributed by atoms with Crippen LogP contribution in [0.5, 0.6) is 0 Å². The fourth-order valence-electron chi connectivity index (χ4n) is 5.30. The zero-order valence-electron chi connectivity index (χ0n) is 24.1. The molecular weight excluding hydrogens is 516 g/mol. The number of carbonyl (C=O) groups is 2.